The van der Waals surface area contributed by atoms with Crippen LogP contribution >= 0.6 is 0 Å². The van der Waals surface area contributed by atoms with E-state index in [0.29, 0.717) is 18.8 Å². The van der Waals surface area contributed by atoms with Gasteiger partial charge in [0.15, 0.2) is 0 Å². The summed E-state index contributed by atoms with van der Waals surface area (Å²) in [4.78, 5) is 0. The van der Waals surface area contributed by atoms with Gasteiger partial charge >= 0.3 is 0 Å². The molecule has 0 saturated carbocycles. The van der Waals surface area contributed by atoms with E-state index in [1.54, 1.807) is 0 Å². The van der Waals surface area contributed by atoms with E-state index in [4.69, 9.17) is 14.7 Å². The van der Waals surface area contributed by atoms with Crippen LogP contribution in [0.3, 0.4) is 0 Å². The SMILES string of the molecule is CCCCCCC1COC(c2ccc(-c3ccc(C#N)cc3)cc2)CO1. The van der Waals surface area contributed by atoms with Crippen LogP contribution in [-0.4, -0.2) is 19.3 Å². The van der Waals surface area contributed by atoms with E-state index < -0.39 is 0 Å². The molecule has 0 aliphatic carbocycles. The third kappa shape index (κ3) is 4.94. The van der Waals surface area contributed by atoms with Crippen molar-refractivity contribution in [3.8, 4) is 17.2 Å². The zero-order chi connectivity index (χ0) is 18.2. The fourth-order valence-electron chi connectivity index (χ4n) is 3.33. The molecule has 0 amide bonds. The van der Waals surface area contributed by atoms with Gasteiger partial charge in [0, 0.05) is 0 Å². The van der Waals surface area contributed by atoms with Crippen molar-refractivity contribution in [2.45, 2.75) is 51.2 Å². The van der Waals surface area contributed by atoms with Gasteiger partial charge in [-0.3, -0.25) is 0 Å². The Balaban J connectivity index is 1.52. The highest BCUT2D eigenvalue weighted by Crippen LogP contribution is 2.27. The van der Waals surface area contributed by atoms with Crippen LogP contribution in [0.4, 0.5) is 0 Å². The Morgan fingerprint density at radius 3 is 2.15 bits per heavy atom. The molecule has 1 saturated heterocycles. The first-order chi connectivity index (χ1) is 12.8. The quantitative estimate of drug-likeness (QED) is 0.606. The molecule has 1 aliphatic rings. The summed E-state index contributed by atoms with van der Waals surface area (Å²) >= 11 is 0. The summed E-state index contributed by atoms with van der Waals surface area (Å²) in [6.45, 7) is 3.56. The van der Waals surface area contributed by atoms with Crippen LogP contribution in [0.2, 0.25) is 0 Å². The molecule has 0 N–H and O–H groups in total. The van der Waals surface area contributed by atoms with Crippen LogP contribution in [0.15, 0.2) is 48.5 Å². The summed E-state index contributed by atoms with van der Waals surface area (Å²) in [6.07, 6.45) is 6.47. The highest BCUT2D eigenvalue weighted by Gasteiger charge is 2.23. The second-order valence-corrected chi connectivity index (χ2v) is 6.94. The van der Waals surface area contributed by atoms with Gasteiger partial charge < -0.3 is 9.47 Å². The Kier molecular flexibility index (Phi) is 6.82. The van der Waals surface area contributed by atoms with E-state index in [1.165, 1.54) is 25.7 Å². The minimum Gasteiger partial charge on any atom is -0.373 e. The number of rotatable bonds is 7. The van der Waals surface area contributed by atoms with Gasteiger partial charge in [-0.05, 0) is 35.2 Å². The molecule has 3 nitrogen and oxygen atoms in total. The summed E-state index contributed by atoms with van der Waals surface area (Å²) in [7, 11) is 0. The van der Waals surface area contributed by atoms with Crippen molar-refractivity contribution in [1.82, 2.24) is 0 Å². The lowest BCUT2D eigenvalue weighted by molar-refractivity contribution is -0.137. The Bertz CT molecular complexity index is 707. The Morgan fingerprint density at radius 1 is 0.885 bits per heavy atom. The van der Waals surface area contributed by atoms with Crippen LogP contribution in [-0.2, 0) is 9.47 Å². The predicted molar refractivity (Wildman–Crippen MR) is 104 cm³/mol. The molecule has 0 spiro atoms. The van der Waals surface area contributed by atoms with Crippen molar-refractivity contribution < 1.29 is 9.47 Å². The maximum Gasteiger partial charge on any atom is 0.106 e. The predicted octanol–water partition coefficient (Wildman–Crippen LogP) is 5.65. The van der Waals surface area contributed by atoms with Crippen molar-refractivity contribution in [2.75, 3.05) is 13.2 Å². The van der Waals surface area contributed by atoms with Crippen molar-refractivity contribution in [2.24, 2.45) is 0 Å². The van der Waals surface area contributed by atoms with E-state index in [9.17, 15) is 0 Å². The van der Waals surface area contributed by atoms with Crippen molar-refractivity contribution in [1.29, 1.82) is 5.26 Å². The molecule has 2 atom stereocenters. The second kappa shape index (κ2) is 9.52. The zero-order valence-electron chi connectivity index (χ0n) is 15.5. The molecule has 136 valence electrons. The van der Waals surface area contributed by atoms with Gasteiger partial charge in [0.25, 0.3) is 0 Å². The number of nitriles is 1. The number of hydrogen-bond donors (Lipinski definition) is 0. The number of hydrogen-bond acceptors (Lipinski definition) is 3. The summed E-state index contributed by atoms with van der Waals surface area (Å²) in [5.41, 5.74) is 4.10. The minimum absolute atomic E-state index is 0.0249. The summed E-state index contributed by atoms with van der Waals surface area (Å²) in [5.74, 6) is 0. The third-order valence-corrected chi connectivity index (χ3v) is 4.98. The molecule has 3 heteroatoms. The first kappa shape index (κ1) is 18.6. The monoisotopic (exact) mass is 349 g/mol. The number of ether oxygens (including phenoxy) is 2. The smallest absolute Gasteiger partial charge is 0.106 e. The molecule has 1 fully saturated rings. The molecule has 0 aromatic heterocycles. The number of nitrogens with zero attached hydrogens (tertiary/aromatic N) is 1. The first-order valence-corrected chi connectivity index (χ1v) is 9.64. The van der Waals surface area contributed by atoms with Crippen molar-refractivity contribution in [3.63, 3.8) is 0 Å². The third-order valence-electron chi connectivity index (χ3n) is 4.98. The molecular formula is C23H27NO2. The van der Waals surface area contributed by atoms with E-state index >= 15 is 0 Å². The summed E-state index contributed by atoms with van der Waals surface area (Å²) < 4.78 is 12.1. The summed E-state index contributed by atoms with van der Waals surface area (Å²) in [5, 5.41) is 8.89. The molecular weight excluding hydrogens is 322 g/mol. The highest BCUT2D eigenvalue weighted by atomic mass is 16.6. The zero-order valence-corrected chi connectivity index (χ0v) is 15.5. The van der Waals surface area contributed by atoms with Gasteiger partial charge in [-0.2, -0.15) is 5.26 Å². The van der Waals surface area contributed by atoms with Crippen LogP contribution < -0.4 is 0 Å². The summed E-state index contributed by atoms with van der Waals surface area (Å²) in [6, 6.07) is 18.3. The van der Waals surface area contributed by atoms with Gasteiger partial charge in [0.05, 0.1) is 31.0 Å². The van der Waals surface area contributed by atoms with Crippen molar-refractivity contribution in [3.05, 3.63) is 59.7 Å². The Morgan fingerprint density at radius 2 is 1.58 bits per heavy atom. The molecule has 2 unspecified atom stereocenters. The molecule has 1 heterocycles. The average Bonchev–Trinajstić information content (AvgIpc) is 2.72. The minimum atomic E-state index is 0.0249. The lowest BCUT2D eigenvalue weighted by Gasteiger charge is -2.30. The molecule has 2 aromatic carbocycles. The Hall–Kier alpha value is -2.15. The topological polar surface area (TPSA) is 42.2 Å². The van der Waals surface area contributed by atoms with Gasteiger partial charge in [-0.25, -0.2) is 0 Å². The van der Waals surface area contributed by atoms with Crippen molar-refractivity contribution >= 4 is 0 Å². The van der Waals surface area contributed by atoms with Gasteiger partial charge in [0.2, 0.25) is 0 Å². The maximum absolute atomic E-state index is 8.89. The normalized spacial score (nSPS) is 19.8. The molecule has 0 radical (unpaired) electrons. The van der Waals surface area contributed by atoms with Crippen LogP contribution in [0, 0.1) is 11.3 Å². The maximum atomic E-state index is 8.89. The fourth-order valence-corrected chi connectivity index (χ4v) is 3.33. The van der Waals surface area contributed by atoms with Gasteiger partial charge in [0.1, 0.15) is 6.10 Å². The van der Waals surface area contributed by atoms with E-state index in [-0.39, 0.29) is 12.2 Å². The fraction of sp³-hybridized carbons (Fsp3) is 0.435. The second-order valence-electron chi connectivity index (χ2n) is 6.94. The highest BCUT2D eigenvalue weighted by molar-refractivity contribution is 5.64. The largest absolute Gasteiger partial charge is 0.373 e. The van der Waals surface area contributed by atoms with Gasteiger partial charge in [-0.1, -0.05) is 69.0 Å². The number of benzene rings is 2. The van der Waals surface area contributed by atoms with Gasteiger partial charge in [-0.15, -0.1) is 0 Å². The van der Waals surface area contributed by atoms with E-state index in [0.717, 1.165) is 23.1 Å². The molecule has 2 aromatic rings. The van der Waals surface area contributed by atoms with E-state index in [2.05, 4.69) is 37.3 Å². The van der Waals surface area contributed by atoms with Crippen LogP contribution in [0.5, 0.6) is 0 Å². The molecule has 1 aliphatic heterocycles. The van der Waals surface area contributed by atoms with E-state index in [1.807, 2.05) is 24.3 Å². The lowest BCUT2D eigenvalue weighted by Crippen LogP contribution is -2.31. The average molecular weight is 349 g/mol. The van der Waals surface area contributed by atoms with Crippen LogP contribution in [0.25, 0.3) is 11.1 Å². The molecule has 26 heavy (non-hydrogen) atoms. The molecule has 0 bridgehead atoms. The standard InChI is InChI=1S/C23H27NO2/c1-2-3-4-5-6-22-16-26-23(17-25-22)21-13-11-20(12-14-21)19-9-7-18(15-24)8-10-19/h7-14,22-23H,2-6,16-17H2,1H3. The van der Waals surface area contributed by atoms with Crippen LogP contribution in [0.1, 0.15) is 56.3 Å². The lowest BCUT2D eigenvalue weighted by atomic mass is 10.0. The first-order valence-electron chi connectivity index (χ1n) is 9.64. The Labute approximate surface area is 156 Å². The number of unbranched alkanes of at least 4 members (excludes halogenated alkanes) is 3. The molecule has 3 rings (SSSR count).